The van der Waals surface area contributed by atoms with Crippen molar-refractivity contribution in [3.05, 3.63) is 158 Å². The predicted octanol–water partition coefficient (Wildman–Crippen LogP) is 12.1. The highest BCUT2D eigenvalue weighted by molar-refractivity contribution is 7.90. The van der Waals surface area contributed by atoms with Crippen LogP contribution in [0.25, 0.3) is 27.0 Å². The van der Waals surface area contributed by atoms with Crippen LogP contribution in [0.4, 0.5) is 17.1 Å². The average molecular weight is 1440 g/mol. The van der Waals surface area contributed by atoms with Gasteiger partial charge in [0.2, 0.25) is 23.6 Å². The number of benzene rings is 4. The van der Waals surface area contributed by atoms with Gasteiger partial charge in [0.05, 0.1) is 43.8 Å². The van der Waals surface area contributed by atoms with Crippen LogP contribution in [0, 0.1) is 33.8 Å². The molecule has 0 bridgehead atoms. The molecule has 3 atom stereocenters. The number of H-pyrrole nitrogens is 1. The van der Waals surface area contributed by atoms with E-state index in [9.17, 15) is 47.6 Å². The van der Waals surface area contributed by atoms with E-state index in [1.807, 2.05) is 75.1 Å². The number of aromatic amines is 1. The van der Waals surface area contributed by atoms with Gasteiger partial charge in [-0.05, 0) is 139 Å². The van der Waals surface area contributed by atoms with E-state index in [0.29, 0.717) is 94.1 Å². The number of unbranched alkanes of at least 4 members (excludes halogenated alkanes) is 3. The Kier molecular flexibility index (Phi) is 23.3. The van der Waals surface area contributed by atoms with Gasteiger partial charge >= 0.3 is 0 Å². The number of aliphatic hydroxyl groups excluding tert-OH is 1. The first-order valence-corrected chi connectivity index (χ1v) is 37.6. The number of hydrogen-bond acceptors (Lipinski definition) is 17. The number of ether oxygens (including phenoxy) is 1. The number of rotatable bonds is 26. The second-order valence-electron chi connectivity index (χ2n) is 29.0. The molecule has 3 fully saturated rings. The molecule has 3 aromatic heterocycles. The lowest BCUT2D eigenvalue weighted by molar-refractivity contribution is -0.384. The summed E-state index contributed by atoms with van der Waals surface area (Å²) in [6.45, 7) is 17.5. The fraction of sp³-hybridized carbons (Fsp3) is 0.453. The number of allylic oxidation sites excluding steroid dienone is 1. The number of nitro benzene ring substituents is 1. The van der Waals surface area contributed by atoms with Crippen molar-refractivity contribution in [3.8, 4) is 21.9 Å². The Morgan fingerprint density at radius 3 is 2.31 bits per heavy atom. The minimum Gasteiger partial charge on any atom is -0.455 e. The Morgan fingerprint density at radius 2 is 1.60 bits per heavy atom. The zero-order chi connectivity index (χ0) is 71.8. The number of nitrogens with zero attached hydrogens (tertiary/aromatic N) is 7. The van der Waals surface area contributed by atoms with Gasteiger partial charge in [-0.25, -0.2) is 23.1 Å². The minimum atomic E-state index is -4.68. The average Bonchev–Trinajstić information content (AvgIpc) is 1.74. The Labute approximate surface area is 599 Å². The Hall–Kier alpha value is -8.75. The van der Waals surface area contributed by atoms with Crippen LogP contribution in [-0.2, 0) is 35.7 Å². The normalized spacial score (nSPS) is 18.0. The smallest absolute Gasteiger partial charge is 0.293 e. The first-order chi connectivity index (χ1) is 48.2. The molecule has 1 aliphatic carbocycles. The highest BCUT2D eigenvalue weighted by atomic mass is 35.5. The van der Waals surface area contributed by atoms with Crippen LogP contribution < -0.4 is 30.3 Å². The van der Waals surface area contributed by atoms with Gasteiger partial charge in [0.1, 0.15) is 34.9 Å². The largest absolute Gasteiger partial charge is 0.455 e. The van der Waals surface area contributed by atoms with Crippen molar-refractivity contribution in [2.24, 2.45) is 16.7 Å². The van der Waals surface area contributed by atoms with Crippen molar-refractivity contribution in [1.82, 2.24) is 45.0 Å². The number of carbonyl (C=O) groups is 5. The highest BCUT2D eigenvalue weighted by Crippen LogP contribution is 2.44. The Balaban J connectivity index is 0.624. The molecule has 6 N–H and O–H groups in total. The van der Waals surface area contributed by atoms with Gasteiger partial charge in [-0.15, -0.1) is 11.3 Å². The molecule has 536 valence electrons. The van der Waals surface area contributed by atoms with E-state index in [2.05, 4.69) is 71.4 Å². The maximum Gasteiger partial charge on any atom is 0.293 e. The number of β-amino-alcohol motifs (C(OH)–C–C–N with tert-alkyl or cyclic N) is 1. The van der Waals surface area contributed by atoms with E-state index in [1.54, 1.807) is 41.2 Å². The summed E-state index contributed by atoms with van der Waals surface area (Å²) in [5, 5.41) is 33.7. The SMILES string of the molecule is Cc1ncsc1-c1ccc(CNC(=O)[C@@H]2C[C@@H](O)CN2C(=O)[C@@H](NC(=O)CCCCCCC(=O)N2CCC(CNc3ccc(S(=O)(=O)NC(=O)c4ccc(N5CCN(CC6=C(c7ccc(Cl)cc7)CC(C)(C)CC6)CC5)cc4Oc4cnc5[nH]ccc5c4)cc3[N+](=O)[O-])CC2)C(C)(C)C)cc1. The number of hydrogen-bond donors (Lipinski definition) is 6. The van der Waals surface area contributed by atoms with E-state index in [4.69, 9.17) is 16.3 Å². The number of piperidine rings is 1. The zero-order valence-electron chi connectivity index (χ0n) is 58.2. The molecule has 101 heavy (non-hydrogen) atoms. The molecule has 0 saturated carbocycles. The quantitative estimate of drug-likeness (QED) is 0.0167. The third kappa shape index (κ3) is 18.7. The van der Waals surface area contributed by atoms with Crippen LogP contribution in [0.2, 0.25) is 5.02 Å². The first kappa shape index (κ1) is 73.5. The standard InChI is InChI=1S/C75H91ClN12O11S2/c1-48-68(100-47-81-48)52-15-13-49(14-16-52)43-80-72(93)64-39-57(89)46-87(64)73(94)69(74(2,3)4)82-66(90)11-9-7-8-10-12-67(91)86-31-27-50(28-32-86)42-78-62-24-22-59(40-63(62)88(95)96)101(97,98)83-71(92)60-23-21-56(38-65(60)99-58-37-53-26-30-77-70(53)79-44-58)85-35-33-84(34-36-85)45-54-25-29-75(5,6)41-61(54)51-17-19-55(76)20-18-51/h13-24,26,30,37-38,40,44,47,50,57,64,69,78,89H,7-12,25,27-29,31-36,39,41-43,45-46H2,1-6H3,(H,77,79)(H,80,93)(H,82,90)(H,83,92)/t57-,64+,69-/m1/s1. The number of amides is 5. The molecule has 0 spiro atoms. The van der Waals surface area contributed by atoms with E-state index in [-0.39, 0.29) is 72.0 Å². The number of anilines is 2. The third-order valence-corrected chi connectivity index (χ3v) is 22.4. The molecule has 4 aliphatic rings. The molecule has 26 heteroatoms. The number of aromatic nitrogens is 3. The maximum absolute atomic E-state index is 14.2. The molecular formula is C75H91ClN12O11S2. The molecule has 3 aliphatic heterocycles. The lowest BCUT2D eigenvalue weighted by Crippen LogP contribution is -2.57. The van der Waals surface area contributed by atoms with Gasteiger partial charge in [0, 0.05) is 119 Å². The number of carbonyl (C=O) groups excluding carboxylic acids is 5. The van der Waals surface area contributed by atoms with Crippen LogP contribution in [0.3, 0.4) is 0 Å². The molecule has 0 radical (unpaired) electrons. The molecule has 3 saturated heterocycles. The Morgan fingerprint density at radius 1 is 0.881 bits per heavy atom. The molecule has 23 nitrogen and oxygen atoms in total. The van der Waals surface area contributed by atoms with Gasteiger partial charge in [0.15, 0.2) is 0 Å². The van der Waals surface area contributed by atoms with Crippen molar-refractivity contribution in [2.45, 2.75) is 148 Å². The number of aliphatic hydroxyl groups is 1. The monoisotopic (exact) mass is 1430 g/mol. The second kappa shape index (κ2) is 32.1. The topological polar surface area (TPSA) is 295 Å². The van der Waals surface area contributed by atoms with E-state index in [0.717, 1.165) is 77.7 Å². The maximum atomic E-state index is 14.2. The van der Waals surface area contributed by atoms with Crippen LogP contribution in [0.1, 0.15) is 139 Å². The number of nitrogens with one attached hydrogen (secondary N) is 5. The summed E-state index contributed by atoms with van der Waals surface area (Å²) in [6.07, 6.45) is 9.91. The third-order valence-electron chi connectivity index (χ3n) is 19.9. The van der Waals surface area contributed by atoms with Gasteiger partial charge in [-0.1, -0.05) is 101 Å². The van der Waals surface area contributed by atoms with Crippen LogP contribution in [-0.4, -0.2) is 155 Å². The first-order valence-electron chi connectivity index (χ1n) is 34.9. The van der Waals surface area contributed by atoms with Gasteiger partial charge in [-0.2, -0.15) is 0 Å². The molecule has 11 rings (SSSR count). The number of aryl methyl sites for hydroxylation is 1. The van der Waals surface area contributed by atoms with Gasteiger partial charge in [0.25, 0.3) is 21.6 Å². The number of likely N-dealkylation sites (tertiary alicyclic amines) is 2. The number of halogens is 1. The van der Waals surface area contributed by atoms with Crippen LogP contribution in [0.5, 0.6) is 11.5 Å². The van der Waals surface area contributed by atoms with Gasteiger partial charge in [-0.3, -0.25) is 39.0 Å². The molecular weight excluding hydrogens is 1340 g/mol. The number of fused-ring (bicyclic) bond motifs is 1. The highest BCUT2D eigenvalue weighted by Gasteiger charge is 2.45. The molecule has 4 aromatic carbocycles. The van der Waals surface area contributed by atoms with Crippen molar-refractivity contribution in [3.63, 3.8) is 0 Å². The van der Waals surface area contributed by atoms with E-state index in [1.165, 1.54) is 46.0 Å². The second-order valence-corrected chi connectivity index (χ2v) is 32.0. The van der Waals surface area contributed by atoms with Crippen molar-refractivity contribution < 1.29 is 47.2 Å². The molecule has 0 unspecified atom stereocenters. The lowest BCUT2D eigenvalue weighted by Gasteiger charge is -2.39. The minimum absolute atomic E-state index is 0.0191. The van der Waals surface area contributed by atoms with Crippen molar-refractivity contribution in [2.75, 3.05) is 69.1 Å². The summed E-state index contributed by atoms with van der Waals surface area (Å²) >= 11 is 7.84. The van der Waals surface area contributed by atoms with Crippen LogP contribution >= 0.6 is 22.9 Å². The summed E-state index contributed by atoms with van der Waals surface area (Å²) in [7, 11) is -4.68. The molecule has 5 amide bonds. The fourth-order valence-electron chi connectivity index (χ4n) is 13.9. The molecule has 6 heterocycles. The fourth-order valence-corrected chi connectivity index (χ4v) is 15.8. The Bertz CT molecular complexity index is 4310. The zero-order valence-corrected chi connectivity index (χ0v) is 60.6. The van der Waals surface area contributed by atoms with Crippen molar-refractivity contribution in [1.29, 1.82) is 0 Å². The number of nitro groups is 1. The number of thiazole rings is 1. The number of sulfonamides is 1. The summed E-state index contributed by atoms with van der Waals surface area (Å²) < 4.78 is 36.6. The molecule has 7 aromatic rings. The number of piperazine rings is 1. The van der Waals surface area contributed by atoms with Crippen LogP contribution in [0.15, 0.2) is 125 Å². The lowest BCUT2D eigenvalue weighted by atomic mass is 9.72. The predicted molar refractivity (Wildman–Crippen MR) is 392 cm³/mol. The summed E-state index contributed by atoms with van der Waals surface area (Å²) in [5.41, 5.74) is 9.14. The summed E-state index contributed by atoms with van der Waals surface area (Å²) in [4.78, 5) is 101. The summed E-state index contributed by atoms with van der Waals surface area (Å²) in [6, 6.07) is 26.2. The number of pyridine rings is 1. The van der Waals surface area contributed by atoms with Crippen molar-refractivity contribution >= 4 is 96.2 Å². The summed E-state index contributed by atoms with van der Waals surface area (Å²) in [5.74, 6) is -1.63. The van der Waals surface area contributed by atoms with E-state index >= 15 is 0 Å². The van der Waals surface area contributed by atoms with Gasteiger partial charge < -0.3 is 45.5 Å². The van der Waals surface area contributed by atoms with E-state index < -0.39 is 60.9 Å².